The molecule has 2 aromatic rings. The van der Waals surface area contributed by atoms with Crippen LogP contribution in [-0.2, 0) is 0 Å². The first-order valence-corrected chi connectivity index (χ1v) is 7.29. The van der Waals surface area contributed by atoms with Gasteiger partial charge in [-0.3, -0.25) is 4.68 Å². The van der Waals surface area contributed by atoms with Gasteiger partial charge < -0.3 is 0 Å². The molecular weight excluding hydrogens is 220 g/mol. The van der Waals surface area contributed by atoms with Crippen molar-refractivity contribution >= 4 is 10.9 Å². The van der Waals surface area contributed by atoms with Crippen molar-refractivity contribution in [3.63, 3.8) is 0 Å². The maximum atomic E-state index is 4.61. The molecule has 1 heterocycles. The summed E-state index contributed by atoms with van der Waals surface area (Å²) in [5.74, 6) is 0. The molecule has 0 spiro atoms. The molecule has 98 valence electrons. The Hall–Kier alpha value is -1.31. The van der Waals surface area contributed by atoms with Crippen molar-refractivity contribution < 1.29 is 0 Å². The van der Waals surface area contributed by atoms with Crippen LogP contribution in [0.4, 0.5) is 0 Å². The maximum absolute atomic E-state index is 4.61. The molecule has 0 unspecified atom stereocenters. The summed E-state index contributed by atoms with van der Waals surface area (Å²) in [6.07, 6.45) is 9.65. The number of unbranched alkanes of at least 4 members (excludes halogenated alkanes) is 2. The second kappa shape index (κ2) is 6.58. The van der Waals surface area contributed by atoms with E-state index < -0.39 is 0 Å². The topological polar surface area (TPSA) is 17.8 Å². The van der Waals surface area contributed by atoms with E-state index in [0.29, 0.717) is 6.04 Å². The van der Waals surface area contributed by atoms with Crippen molar-refractivity contribution in [2.45, 2.75) is 58.4 Å². The summed E-state index contributed by atoms with van der Waals surface area (Å²) in [5, 5.41) is 5.87. The molecule has 0 fully saturated rings. The lowest BCUT2D eigenvalue weighted by Crippen LogP contribution is -2.10. The third-order valence-electron chi connectivity index (χ3n) is 3.61. The minimum Gasteiger partial charge on any atom is -0.262 e. The zero-order valence-electron chi connectivity index (χ0n) is 11.6. The highest BCUT2D eigenvalue weighted by Crippen LogP contribution is 2.25. The van der Waals surface area contributed by atoms with Crippen molar-refractivity contribution in [2.24, 2.45) is 0 Å². The van der Waals surface area contributed by atoms with Gasteiger partial charge in [0.25, 0.3) is 0 Å². The minimum atomic E-state index is 0.571. The average Bonchev–Trinajstić information content (AvgIpc) is 2.82. The molecule has 2 heteroatoms. The molecule has 0 amide bonds. The molecule has 1 atom stereocenters. The lowest BCUT2D eigenvalue weighted by Gasteiger charge is -2.18. The average molecular weight is 244 g/mol. The third kappa shape index (κ3) is 2.92. The van der Waals surface area contributed by atoms with Gasteiger partial charge in [0.1, 0.15) is 0 Å². The molecule has 0 aliphatic carbocycles. The van der Waals surface area contributed by atoms with E-state index in [1.165, 1.54) is 49.4 Å². The van der Waals surface area contributed by atoms with E-state index in [0.717, 1.165) is 0 Å². The molecule has 1 aromatic heterocycles. The molecule has 2 rings (SSSR count). The number of benzene rings is 1. The van der Waals surface area contributed by atoms with Gasteiger partial charge in [0, 0.05) is 5.39 Å². The van der Waals surface area contributed by atoms with Crippen LogP contribution in [-0.4, -0.2) is 9.78 Å². The van der Waals surface area contributed by atoms with Gasteiger partial charge >= 0.3 is 0 Å². The fraction of sp³-hybridized carbons (Fsp3) is 0.562. The number of nitrogens with zero attached hydrogens (tertiary/aromatic N) is 2. The van der Waals surface area contributed by atoms with Crippen LogP contribution in [0.15, 0.2) is 30.5 Å². The fourth-order valence-corrected chi connectivity index (χ4v) is 2.64. The molecule has 0 aliphatic rings. The van der Waals surface area contributed by atoms with Gasteiger partial charge in [0.05, 0.1) is 17.8 Å². The summed E-state index contributed by atoms with van der Waals surface area (Å²) in [7, 11) is 0. The van der Waals surface area contributed by atoms with Crippen LogP contribution in [0.2, 0.25) is 0 Å². The molecular formula is C16H24N2. The Morgan fingerprint density at radius 2 is 1.89 bits per heavy atom. The van der Waals surface area contributed by atoms with Crippen LogP contribution in [0.3, 0.4) is 0 Å². The van der Waals surface area contributed by atoms with Gasteiger partial charge in [-0.1, -0.05) is 57.7 Å². The molecule has 0 saturated heterocycles. The van der Waals surface area contributed by atoms with Gasteiger partial charge in [-0.15, -0.1) is 0 Å². The van der Waals surface area contributed by atoms with Gasteiger partial charge in [0.2, 0.25) is 0 Å². The van der Waals surface area contributed by atoms with Crippen molar-refractivity contribution in [1.82, 2.24) is 9.78 Å². The number of fused-ring (bicyclic) bond motifs is 1. The van der Waals surface area contributed by atoms with Crippen LogP contribution < -0.4 is 0 Å². The van der Waals surface area contributed by atoms with E-state index in [2.05, 4.69) is 47.9 Å². The Morgan fingerprint density at radius 3 is 2.67 bits per heavy atom. The number of hydrogen-bond acceptors (Lipinski definition) is 1. The highest BCUT2D eigenvalue weighted by atomic mass is 15.3. The standard InChI is InChI=1S/C16H24N2/c1-3-5-6-11-15(9-4-2)18-16-12-8-7-10-14(16)13-17-18/h7-8,10,12-13,15H,3-6,9,11H2,1-2H3/t15-/m0/s1. The number of hydrogen-bond donors (Lipinski definition) is 0. The SMILES string of the molecule is CCCCC[C@H](CCC)n1ncc2ccccc21. The van der Waals surface area contributed by atoms with E-state index in [4.69, 9.17) is 0 Å². The molecule has 0 radical (unpaired) electrons. The summed E-state index contributed by atoms with van der Waals surface area (Å²) in [6, 6.07) is 9.09. The number of rotatable bonds is 7. The van der Waals surface area contributed by atoms with Gasteiger partial charge in [-0.05, 0) is 18.9 Å². The number of para-hydroxylation sites is 1. The first-order valence-electron chi connectivity index (χ1n) is 7.29. The van der Waals surface area contributed by atoms with Crippen LogP contribution in [0.5, 0.6) is 0 Å². The van der Waals surface area contributed by atoms with Crippen molar-refractivity contribution in [2.75, 3.05) is 0 Å². The van der Waals surface area contributed by atoms with Crippen molar-refractivity contribution in [3.05, 3.63) is 30.5 Å². The Kier molecular flexibility index (Phi) is 4.80. The van der Waals surface area contributed by atoms with E-state index in [9.17, 15) is 0 Å². The Balaban J connectivity index is 2.18. The predicted octanol–water partition coefficient (Wildman–Crippen LogP) is 4.96. The van der Waals surface area contributed by atoms with Crippen LogP contribution in [0.1, 0.15) is 58.4 Å². The minimum absolute atomic E-state index is 0.571. The Morgan fingerprint density at radius 1 is 1.06 bits per heavy atom. The van der Waals surface area contributed by atoms with Crippen LogP contribution in [0.25, 0.3) is 10.9 Å². The molecule has 1 aromatic carbocycles. The summed E-state index contributed by atoms with van der Waals surface area (Å²) >= 11 is 0. The predicted molar refractivity (Wildman–Crippen MR) is 77.8 cm³/mol. The summed E-state index contributed by atoms with van der Waals surface area (Å²) in [5.41, 5.74) is 1.28. The zero-order valence-corrected chi connectivity index (χ0v) is 11.6. The van der Waals surface area contributed by atoms with E-state index in [1.807, 2.05) is 6.20 Å². The van der Waals surface area contributed by atoms with Gasteiger partial charge in [-0.25, -0.2) is 0 Å². The molecule has 0 saturated carbocycles. The van der Waals surface area contributed by atoms with E-state index in [1.54, 1.807) is 0 Å². The van der Waals surface area contributed by atoms with Crippen LogP contribution in [0, 0.1) is 0 Å². The quantitative estimate of drug-likeness (QED) is 0.629. The monoisotopic (exact) mass is 244 g/mol. The van der Waals surface area contributed by atoms with E-state index >= 15 is 0 Å². The third-order valence-corrected chi connectivity index (χ3v) is 3.61. The Labute approximate surface area is 110 Å². The summed E-state index contributed by atoms with van der Waals surface area (Å²) < 4.78 is 2.24. The largest absolute Gasteiger partial charge is 0.262 e. The lowest BCUT2D eigenvalue weighted by atomic mass is 10.0. The first kappa shape index (κ1) is 13.1. The van der Waals surface area contributed by atoms with Gasteiger partial charge in [0.15, 0.2) is 0 Å². The van der Waals surface area contributed by atoms with Crippen molar-refractivity contribution in [3.8, 4) is 0 Å². The van der Waals surface area contributed by atoms with Gasteiger partial charge in [-0.2, -0.15) is 5.10 Å². The smallest absolute Gasteiger partial charge is 0.0685 e. The normalized spacial score (nSPS) is 13.0. The zero-order chi connectivity index (χ0) is 12.8. The molecule has 18 heavy (non-hydrogen) atoms. The second-order valence-electron chi connectivity index (χ2n) is 5.09. The molecule has 0 aliphatic heterocycles. The summed E-state index contributed by atoms with van der Waals surface area (Å²) in [4.78, 5) is 0. The Bertz CT molecular complexity index is 473. The fourth-order valence-electron chi connectivity index (χ4n) is 2.64. The maximum Gasteiger partial charge on any atom is 0.0685 e. The molecule has 0 N–H and O–H groups in total. The number of aromatic nitrogens is 2. The lowest BCUT2D eigenvalue weighted by molar-refractivity contribution is 0.391. The van der Waals surface area contributed by atoms with Crippen LogP contribution >= 0.6 is 0 Å². The van der Waals surface area contributed by atoms with Crippen molar-refractivity contribution in [1.29, 1.82) is 0 Å². The molecule has 0 bridgehead atoms. The second-order valence-corrected chi connectivity index (χ2v) is 5.09. The molecule has 2 nitrogen and oxygen atoms in total. The highest BCUT2D eigenvalue weighted by Gasteiger charge is 2.13. The summed E-state index contributed by atoms with van der Waals surface area (Å²) in [6.45, 7) is 4.52. The highest BCUT2D eigenvalue weighted by molar-refractivity contribution is 5.78. The first-order chi connectivity index (χ1) is 8.86. The van der Waals surface area contributed by atoms with E-state index in [-0.39, 0.29) is 0 Å².